The molecular weight excluding hydrogens is 1220 g/mol. The molecule has 0 aliphatic rings. The van der Waals surface area contributed by atoms with E-state index in [0.717, 1.165) is 114 Å². The summed E-state index contributed by atoms with van der Waals surface area (Å²) in [5.41, 5.74) is 0. The van der Waals surface area contributed by atoms with Gasteiger partial charge in [-0.05, 0) is 49.4 Å². The molecule has 0 aromatic rings. The van der Waals surface area contributed by atoms with E-state index in [-0.39, 0.29) is 25.7 Å². The summed E-state index contributed by atoms with van der Waals surface area (Å²) in [6.07, 6.45) is 47.2. The molecule has 3 N–H and O–H groups in total. The third-order valence-corrected chi connectivity index (χ3v) is 19.3. The third-order valence-electron chi connectivity index (χ3n) is 17.4. The first-order chi connectivity index (χ1) is 44.6. The lowest BCUT2D eigenvalue weighted by Gasteiger charge is -2.21. The number of hydrogen-bond donors (Lipinski definition) is 3. The van der Waals surface area contributed by atoms with Crippen molar-refractivity contribution in [2.24, 2.45) is 23.7 Å². The van der Waals surface area contributed by atoms with Gasteiger partial charge in [0.15, 0.2) is 12.2 Å². The third kappa shape index (κ3) is 67.0. The van der Waals surface area contributed by atoms with Gasteiger partial charge >= 0.3 is 39.5 Å². The second-order valence-corrected chi connectivity index (χ2v) is 31.3. The highest BCUT2D eigenvalue weighted by Gasteiger charge is 2.30. The van der Waals surface area contributed by atoms with Crippen LogP contribution in [0, 0.1) is 23.7 Å². The minimum atomic E-state index is -4.96. The minimum Gasteiger partial charge on any atom is -0.462 e. The molecule has 6 atom stereocenters. The van der Waals surface area contributed by atoms with Gasteiger partial charge in [0, 0.05) is 25.7 Å². The fourth-order valence-electron chi connectivity index (χ4n) is 11.2. The van der Waals surface area contributed by atoms with Gasteiger partial charge < -0.3 is 33.8 Å². The number of esters is 4. The van der Waals surface area contributed by atoms with Crippen LogP contribution >= 0.6 is 15.6 Å². The van der Waals surface area contributed by atoms with E-state index >= 15 is 0 Å². The van der Waals surface area contributed by atoms with Crippen LogP contribution in [0.4, 0.5) is 0 Å². The molecule has 0 aromatic carbocycles. The molecule has 0 aliphatic heterocycles. The highest BCUT2D eigenvalue weighted by molar-refractivity contribution is 7.47. The fourth-order valence-corrected chi connectivity index (χ4v) is 12.7. The van der Waals surface area contributed by atoms with Crippen LogP contribution in [-0.2, 0) is 65.4 Å². The maximum absolute atomic E-state index is 13.1. The van der Waals surface area contributed by atoms with Crippen LogP contribution in [0.5, 0.6) is 0 Å². The molecule has 0 amide bonds. The quantitative estimate of drug-likeness (QED) is 0.0222. The van der Waals surface area contributed by atoms with Crippen molar-refractivity contribution in [2.75, 3.05) is 39.6 Å². The van der Waals surface area contributed by atoms with Gasteiger partial charge in [-0.3, -0.25) is 37.3 Å². The first kappa shape index (κ1) is 91.1. The predicted molar refractivity (Wildman–Crippen MR) is 377 cm³/mol. The van der Waals surface area contributed by atoms with Crippen molar-refractivity contribution in [3.63, 3.8) is 0 Å². The van der Waals surface area contributed by atoms with Crippen molar-refractivity contribution in [2.45, 2.75) is 388 Å². The predicted octanol–water partition coefficient (Wildman–Crippen LogP) is 21.3. The maximum Gasteiger partial charge on any atom is 0.472 e. The second-order valence-electron chi connectivity index (χ2n) is 28.4. The van der Waals surface area contributed by atoms with E-state index < -0.39 is 97.5 Å². The second kappa shape index (κ2) is 63.5. The number of phosphoric acid groups is 2. The van der Waals surface area contributed by atoms with Crippen LogP contribution in [0.1, 0.15) is 370 Å². The summed E-state index contributed by atoms with van der Waals surface area (Å²) in [7, 11) is -9.91. The van der Waals surface area contributed by atoms with Crippen molar-refractivity contribution < 1.29 is 80.2 Å². The van der Waals surface area contributed by atoms with E-state index in [1.165, 1.54) is 167 Å². The lowest BCUT2D eigenvalue weighted by atomic mass is 9.99. The molecule has 0 aliphatic carbocycles. The number of hydrogen-bond acceptors (Lipinski definition) is 15. The molecule has 552 valence electrons. The molecule has 0 radical (unpaired) electrons. The Labute approximate surface area is 568 Å². The zero-order valence-electron chi connectivity index (χ0n) is 60.9. The lowest BCUT2D eigenvalue weighted by molar-refractivity contribution is -0.161. The van der Waals surface area contributed by atoms with E-state index in [0.29, 0.717) is 31.6 Å². The van der Waals surface area contributed by atoms with Gasteiger partial charge in [0.1, 0.15) is 19.3 Å². The van der Waals surface area contributed by atoms with Crippen LogP contribution in [0.15, 0.2) is 0 Å². The Bertz CT molecular complexity index is 1840. The first-order valence-electron chi connectivity index (χ1n) is 38.2. The lowest BCUT2D eigenvalue weighted by Crippen LogP contribution is -2.30. The van der Waals surface area contributed by atoms with Crippen LogP contribution in [-0.4, -0.2) is 96.7 Å². The Kier molecular flexibility index (Phi) is 62.2. The molecule has 0 rings (SSSR count). The van der Waals surface area contributed by atoms with Crippen molar-refractivity contribution in [1.82, 2.24) is 0 Å². The van der Waals surface area contributed by atoms with Crippen molar-refractivity contribution in [1.29, 1.82) is 0 Å². The molecule has 0 spiro atoms. The Morgan fingerprint density at radius 2 is 0.516 bits per heavy atom. The molecule has 0 fully saturated rings. The summed E-state index contributed by atoms with van der Waals surface area (Å²) < 4.78 is 68.4. The molecule has 0 aromatic heterocycles. The summed E-state index contributed by atoms with van der Waals surface area (Å²) in [4.78, 5) is 72.7. The highest BCUT2D eigenvalue weighted by Crippen LogP contribution is 2.45. The Balaban J connectivity index is 5.24. The minimum absolute atomic E-state index is 0.106. The number of aliphatic hydroxyl groups excluding tert-OH is 1. The van der Waals surface area contributed by atoms with Gasteiger partial charge in [0.05, 0.1) is 26.4 Å². The molecule has 17 nitrogen and oxygen atoms in total. The van der Waals surface area contributed by atoms with E-state index in [4.69, 9.17) is 37.0 Å². The fraction of sp³-hybridized carbons (Fsp3) is 0.946. The summed E-state index contributed by atoms with van der Waals surface area (Å²) in [5.74, 6) is 0.905. The van der Waals surface area contributed by atoms with Gasteiger partial charge in [0.2, 0.25) is 0 Å². The average molecular weight is 1370 g/mol. The Morgan fingerprint density at radius 3 is 0.763 bits per heavy atom. The van der Waals surface area contributed by atoms with Crippen LogP contribution in [0.3, 0.4) is 0 Å². The number of rotatable bonds is 71. The SMILES string of the molecule is CCC(C)CCCCCCCCCCC(=O)OC[C@H](COP(=O)(O)OC[C@@H](O)COP(=O)(O)OC[C@@H](COC(=O)CCCCCCCCC(C)C)OC(=O)CCCCCCCCCCCCCCCC(C)C)OC(=O)CCCCCCCCCCCCCCCC(C)C. The van der Waals surface area contributed by atoms with Crippen LogP contribution < -0.4 is 0 Å². The number of unbranched alkanes of at least 4 members (excludes halogenated alkanes) is 36. The van der Waals surface area contributed by atoms with Gasteiger partial charge in [-0.2, -0.15) is 0 Å². The molecule has 0 saturated carbocycles. The molecule has 3 unspecified atom stereocenters. The smallest absolute Gasteiger partial charge is 0.462 e. The zero-order valence-corrected chi connectivity index (χ0v) is 62.7. The van der Waals surface area contributed by atoms with E-state index in [1.807, 2.05) is 0 Å². The number of carbonyl (C=O) groups excluding carboxylic acids is 4. The van der Waals surface area contributed by atoms with Crippen LogP contribution in [0.25, 0.3) is 0 Å². The van der Waals surface area contributed by atoms with Crippen molar-refractivity contribution in [3.8, 4) is 0 Å². The van der Waals surface area contributed by atoms with Crippen LogP contribution in [0.2, 0.25) is 0 Å². The molecule has 93 heavy (non-hydrogen) atoms. The number of ether oxygens (including phenoxy) is 4. The number of phosphoric ester groups is 2. The van der Waals surface area contributed by atoms with Gasteiger partial charge in [-0.1, -0.05) is 319 Å². The monoisotopic (exact) mass is 1370 g/mol. The molecule has 0 heterocycles. The summed E-state index contributed by atoms with van der Waals surface area (Å²) in [6, 6.07) is 0. The topological polar surface area (TPSA) is 237 Å². The van der Waals surface area contributed by atoms with E-state index in [2.05, 4.69) is 55.4 Å². The standard InChI is InChI=1S/C74H144O17P2/c1-9-67(8)53-45-37-28-24-25-29-38-46-54-71(76)84-60-69(90-73(78)56-48-40-30-22-18-14-10-12-16-20-26-34-42-50-64(2)3)62-88-92(80,81)86-58-68(75)59-87-93(82,83)89-63-70(61-85-72(77)55-47-39-33-32-36-44-52-66(6)7)91-74(79)57-49-41-31-23-19-15-11-13-17-21-27-35-43-51-65(4)5/h64-70,75H,9-63H2,1-8H3,(H,80,81)(H,82,83)/t67?,68-,69-,70-/m1/s1. The van der Waals surface area contributed by atoms with Crippen molar-refractivity contribution in [3.05, 3.63) is 0 Å². The first-order valence-corrected chi connectivity index (χ1v) is 41.2. The maximum atomic E-state index is 13.1. The highest BCUT2D eigenvalue weighted by atomic mass is 31.2. The van der Waals surface area contributed by atoms with E-state index in [1.54, 1.807) is 0 Å². The largest absolute Gasteiger partial charge is 0.472 e. The normalized spacial score (nSPS) is 14.5. The summed E-state index contributed by atoms with van der Waals surface area (Å²) >= 11 is 0. The zero-order chi connectivity index (χ0) is 68.9. The van der Waals surface area contributed by atoms with E-state index in [9.17, 15) is 43.2 Å². The molecule has 19 heteroatoms. The average Bonchev–Trinajstić information content (AvgIpc) is 3.11. The molecule has 0 bridgehead atoms. The van der Waals surface area contributed by atoms with Gasteiger partial charge in [0.25, 0.3) is 0 Å². The number of carbonyl (C=O) groups is 4. The Morgan fingerprint density at radius 1 is 0.301 bits per heavy atom. The number of aliphatic hydroxyl groups is 1. The van der Waals surface area contributed by atoms with Crippen molar-refractivity contribution >= 4 is 39.5 Å². The molecular formula is C74H144O17P2. The summed E-state index contributed by atoms with van der Waals surface area (Å²) in [6.45, 7) is 14.1. The Hall–Kier alpha value is -1.94. The molecule has 0 saturated heterocycles. The van der Waals surface area contributed by atoms with Gasteiger partial charge in [-0.15, -0.1) is 0 Å². The summed E-state index contributed by atoms with van der Waals surface area (Å²) in [5, 5.41) is 10.6. The van der Waals surface area contributed by atoms with Gasteiger partial charge in [-0.25, -0.2) is 9.13 Å².